The standard InChI is InChI=1S/C14H9BrO/c15-12-6-11-5-9-3-1-2-4-10(9)7-13(11)14(16)8-12/h1-8,16H. The molecule has 0 bridgehead atoms. The minimum absolute atomic E-state index is 0.315. The van der Waals surface area contributed by atoms with Crippen molar-refractivity contribution in [3.63, 3.8) is 0 Å². The first kappa shape index (κ1) is 9.67. The molecular formula is C14H9BrO. The number of benzene rings is 3. The molecule has 0 saturated carbocycles. The maximum atomic E-state index is 9.88. The predicted molar refractivity (Wildman–Crippen MR) is 70.8 cm³/mol. The minimum Gasteiger partial charge on any atom is -0.507 e. The molecule has 16 heavy (non-hydrogen) atoms. The topological polar surface area (TPSA) is 20.2 Å². The minimum atomic E-state index is 0.315. The zero-order chi connectivity index (χ0) is 11.1. The lowest BCUT2D eigenvalue weighted by molar-refractivity contribution is 0.481. The number of rotatable bonds is 0. The molecule has 2 heteroatoms. The lowest BCUT2D eigenvalue weighted by Crippen LogP contribution is -1.77. The summed E-state index contributed by atoms with van der Waals surface area (Å²) in [5.41, 5.74) is 0. The maximum absolute atomic E-state index is 9.88. The van der Waals surface area contributed by atoms with E-state index in [4.69, 9.17) is 0 Å². The Bertz CT molecular complexity index is 689. The van der Waals surface area contributed by atoms with Crippen molar-refractivity contribution >= 4 is 37.5 Å². The highest BCUT2D eigenvalue weighted by molar-refractivity contribution is 9.10. The van der Waals surface area contributed by atoms with Gasteiger partial charge in [0.25, 0.3) is 0 Å². The summed E-state index contributed by atoms with van der Waals surface area (Å²) in [5, 5.41) is 14.2. The van der Waals surface area contributed by atoms with Gasteiger partial charge >= 0.3 is 0 Å². The van der Waals surface area contributed by atoms with Gasteiger partial charge in [-0.1, -0.05) is 40.2 Å². The Kier molecular flexibility index (Phi) is 2.11. The molecule has 0 aliphatic rings. The molecule has 1 N–H and O–H groups in total. The van der Waals surface area contributed by atoms with E-state index in [0.717, 1.165) is 20.6 Å². The van der Waals surface area contributed by atoms with Gasteiger partial charge in [0.1, 0.15) is 5.75 Å². The lowest BCUT2D eigenvalue weighted by Gasteiger charge is -2.05. The van der Waals surface area contributed by atoms with Crippen LogP contribution in [0.25, 0.3) is 21.5 Å². The summed E-state index contributed by atoms with van der Waals surface area (Å²) in [6.45, 7) is 0. The lowest BCUT2D eigenvalue weighted by atomic mass is 10.0. The van der Waals surface area contributed by atoms with E-state index in [0.29, 0.717) is 5.75 Å². The molecule has 0 fully saturated rings. The SMILES string of the molecule is Oc1cc(Br)cc2cc3ccccc3cc12. The zero-order valence-corrected chi connectivity index (χ0v) is 10.0. The fourth-order valence-corrected chi connectivity index (χ4v) is 2.46. The van der Waals surface area contributed by atoms with Gasteiger partial charge < -0.3 is 5.11 Å². The molecule has 3 aromatic rings. The normalized spacial score (nSPS) is 11.1. The van der Waals surface area contributed by atoms with Crippen LogP contribution in [0.1, 0.15) is 0 Å². The molecule has 0 aliphatic carbocycles. The van der Waals surface area contributed by atoms with Crippen LogP contribution in [0.15, 0.2) is 53.0 Å². The third kappa shape index (κ3) is 1.46. The average molecular weight is 273 g/mol. The van der Waals surface area contributed by atoms with Gasteiger partial charge in [0.05, 0.1) is 0 Å². The van der Waals surface area contributed by atoms with Gasteiger partial charge in [-0.05, 0) is 40.4 Å². The Morgan fingerprint density at radius 3 is 2.25 bits per heavy atom. The summed E-state index contributed by atoms with van der Waals surface area (Å²) in [6, 6.07) is 16.0. The number of phenols is 1. The largest absolute Gasteiger partial charge is 0.507 e. The van der Waals surface area contributed by atoms with Crippen molar-refractivity contribution in [2.45, 2.75) is 0 Å². The van der Waals surface area contributed by atoms with Crippen molar-refractivity contribution in [1.29, 1.82) is 0 Å². The highest BCUT2D eigenvalue weighted by atomic mass is 79.9. The van der Waals surface area contributed by atoms with E-state index in [1.807, 2.05) is 24.3 Å². The van der Waals surface area contributed by atoms with E-state index in [1.165, 1.54) is 5.39 Å². The van der Waals surface area contributed by atoms with Crippen LogP contribution in [0.5, 0.6) is 5.75 Å². The summed E-state index contributed by atoms with van der Waals surface area (Å²) < 4.78 is 0.896. The molecule has 78 valence electrons. The molecule has 0 amide bonds. The van der Waals surface area contributed by atoms with Crippen molar-refractivity contribution in [1.82, 2.24) is 0 Å². The first-order valence-electron chi connectivity index (χ1n) is 5.05. The van der Waals surface area contributed by atoms with E-state index in [-0.39, 0.29) is 0 Å². The molecule has 0 saturated heterocycles. The van der Waals surface area contributed by atoms with Gasteiger partial charge in [0.2, 0.25) is 0 Å². The van der Waals surface area contributed by atoms with Gasteiger partial charge in [0, 0.05) is 9.86 Å². The van der Waals surface area contributed by atoms with Gasteiger partial charge in [-0.2, -0.15) is 0 Å². The number of phenolic OH excluding ortho intramolecular Hbond substituents is 1. The van der Waals surface area contributed by atoms with Crippen LogP contribution in [0, 0.1) is 0 Å². The highest BCUT2D eigenvalue weighted by Crippen LogP contribution is 2.32. The summed E-state index contributed by atoms with van der Waals surface area (Å²) >= 11 is 3.39. The Hall–Kier alpha value is -1.54. The van der Waals surface area contributed by atoms with Crippen molar-refractivity contribution in [3.8, 4) is 5.75 Å². The van der Waals surface area contributed by atoms with Crippen molar-refractivity contribution in [2.75, 3.05) is 0 Å². The molecule has 3 rings (SSSR count). The van der Waals surface area contributed by atoms with Crippen LogP contribution in [-0.2, 0) is 0 Å². The third-order valence-corrected chi connectivity index (χ3v) is 3.22. The van der Waals surface area contributed by atoms with Gasteiger partial charge in [-0.15, -0.1) is 0 Å². The zero-order valence-electron chi connectivity index (χ0n) is 8.44. The summed E-state index contributed by atoms with van der Waals surface area (Å²) in [7, 11) is 0. The molecule has 1 nitrogen and oxygen atoms in total. The van der Waals surface area contributed by atoms with E-state index in [1.54, 1.807) is 6.07 Å². The average Bonchev–Trinajstić information content (AvgIpc) is 2.27. The van der Waals surface area contributed by atoms with E-state index >= 15 is 0 Å². The molecule has 0 atom stereocenters. The third-order valence-electron chi connectivity index (χ3n) is 2.76. The molecule has 0 spiro atoms. The van der Waals surface area contributed by atoms with Crippen LogP contribution in [0.4, 0.5) is 0 Å². The van der Waals surface area contributed by atoms with Crippen LogP contribution >= 0.6 is 15.9 Å². The molecule has 0 heterocycles. The molecule has 3 aromatic carbocycles. The van der Waals surface area contributed by atoms with Crippen LogP contribution in [-0.4, -0.2) is 5.11 Å². The summed E-state index contributed by atoms with van der Waals surface area (Å²) in [6.07, 6.45) is 0. The fourth-order valence-electron chi connectivity index (χ4n) is 2.00. The second-order valence-corrected chi connectivity index (χ2v) is 4.76. The number of fused-ring (bicyclic) bond motifs is 2. The number of hydrogen-bond donors (Lipinski definition) is 1. The van der Waals surface area contributed by atoms with Crippen LogP contribution in [0.2, 0.25) is 0 Å². The number of hydrogen-bond acceptors (Lipinski definition) is 1. The van der Waals surface area contributed by atoms with Gasteiger partial charge in [-0.25, -0.2) is 0 Å². The highest BCUT2D eigenvalue weighted by Gasteiger charge is 2.03. The van der Waals surface area contributed by atoms with Crippen molar-refractivity contribution in [3.05, 3.63) is 53.0 Å². The van der Waals surface area contributed by atoms with E-state index in [9.17, 15) is 5.11 Å². The predicted octanol–water partition coefficient (Wildman–Crippen LogP) is 4.46. The Labute approximate surface area is 101 Å². The smallest absolute Gasteiger partial charge is 0.124 e. The van der Waals surface area contributed by atoms with Crippen LogP contribution < -0.4 is 0 Å². The first-order valence-corrected chi connectivity index (χ1v) is 5.84. The Morgan fingerprint density at radius 2 is 1.50 bits per heavy atom. The molecule has 0 unspecified atom stereocenters. The summed E-state index contributed by atoms with van der Waals surface area (Å²) in [5.74, 6) is 0.315. The molecule has 0 aromatic heterocycles. The quantitative estimate of drug-likeness (QED) is 0.599. The monoisotopic (exact) mass is 272 g/mol. The molecule has 0 radical (unpaired) electrons. The fraction of sp³-hybridized carbons (Fsp3) is 0. The van der Waals surface area contributed by atoms with E-state index in [2.05, 4.69) is 34.1 Å². The van der Waals surface area contributed by atoms with Crippen molar-refractivity contribution in [2.24, 2.45) is 0 Å². The summed E-state index contributed by atoms with van der Waals surface area (Å²) in [4.78, 5) is 0. The van der Waals surface area contributed by atoms with Gasteiger partial charge in [-0.3, -0.25) is 0 Å². The molecular weight excluding hydrogens is 264 g/mol. The Balaban J connectivity index is 2.51. The Morgan fingerprint density at radius 1 is 0.812 bits per heavy atom. The molecule has 0 aliphatic heterocycles. The van der Waals surface area contributed by atoms with Crippen molar-refractivity contribution < 1.29 is 5.11 Å². The maximum Gasteiger partial charge on any atom is 0.124 e. The second kappa shape index (κ2) is 3.49. The van der Waals surface area contributed by atoms with E-state index < -0.39 is 0 Å². The number of halogens is 1. The van der Waals surface area contributed by atoms with Gasteiger partial charge in [0.15, 0.2) is 0 Å². The second-order valence-electron chi connectivity index (χ2n) is 3.85. The number of aromatic hydroxyl groups is 1. The van der Waals surface area contributed by atoms with Crippen LogP contribution in [0.3, 0.4) is 0 Å². The first-order chi connectivity index (χ1) is 7.74.